The number of nitrogens with zero attached hydrogens (tertiary/aromatic N) is 4. The number of thioether (sulfide) groups is 1. The smallest absolute Gasteiger partial charge is 0.220 e. The van der Waals surface area contributed by atoms with Crippen molar-refractivity contribution in [1.29, 1.82) is 0 Å². The van der Waals surface area contributed by atoms with Crippen LogP contribution in [0.5, 0.6) is 0 Å². The van der Waals surface area contributed by atoms with Crippen LogP contribution in [0.4, 0.5) is 0 Å². The van der Waals surface area contributed by atoms with E-state index in [2.05, 4.69) is 51.3 Å². The zero-order valence-electron chi connectivity index (χ0n) is 30.1. The van der Waals surface area contributed by atoms with E-state index in [1.54, 1.807) is 16.4 Å². The monoisotopic (exact) mass is 734 g/mol. The van der Waals surface area contributed by atoms with Crippen LogP contribution < -0.4 is 10.6 Å². The summed E-state index contributed by atoms with van der Waals surface area (Å²) in [5.74, 6) is 0.592. The molecule has 0 unspecified atom stereocenters. The van der Waals surface area contributed by atoms with Gasteiger partial charge >= 0.3 is 0 Å². The highest BCUT2D eigenvalue weighted by Crippen LogP contribution is 2.43. The van der Waals surface area contributed by atoms with Crippen molar-refractivity contribution in [2.24, 2.45) is 5.92 Å². The van der Waals surface area contributed by atoms with Crippen LogP contribution in [0.1, 0.15) is 74.2 Å². The number of aliphatic hydroxyl groups excluding tert-OH is 1. The van der Waals surface area contributed by atoms with E-state index in [9.17, 15) is 14.7 Å². The second kappa shape index (κ2) is 18.7. The molecule has 5 aromatic rings. The summed E-state index contributed by atoms with van der Waals surface area (Å²) in [6.07, 6.45) is 1.91. The molecule has 4 atom stereocenters. The van der Waals surface area contributed by atoms with E-state index in [1.807, 2.05) is 84.9 Å². The zero-order valence-corrected chi connectivity index (χ0v) is 30.9. The number of carbonyl (C=O) groups is 2. The normalized spacial score (nSPS) is 18.4. The average Bonchev–Trinajstić information content (AvgIpc) is 3.67. The van der Waals surface area contributed by atoms with Gasteiger partial charge in [0.15, 0.2) is 6.29 Å². The van der Waals surface area contributed by atoms with E-state index in [1.165, 1.54) is 6.92 Å². The number of aliphatic hydroxyl groups is 1. The fourth-order valence-corrected chi connectivity index (χ4v) is 7.43. The van der Waals surface area contributed by atoms with Gasteiger partial charge in [-0.05, 0) is 63.2 Å². The Bertz CT molecular complexity index is 1920. The van der Waals surface area contributed by atoms with E-state index in [4.69, 9.17) is 9.47 Å². The molecule has 1 fully saturated rings. The number of hydrogen-bond acceptors (Lipinski definition) is 9. The highest BCUT2D eigenvalue weighted by molar-refractivity contribution is 7.99. The van der Waals surface area contributed by atoms with Crippen LogP contribution >= 0.6 is 11.8 Å². The molecule has 4 aromatic carbocycles. The molecular formula is C41H46N6O5S. The summed E-state index contributed by atoms with van der Waals surface area (Å²) in [6, 6.07) is 34.0. The molecule has 12 heteroatoms. The molecule has 0 radical (unpaired) electrons. The zero-order chi connectivity index (χ0) is 37.0. The highest BCUT2D eigenvalue weighted by Gasteiger charge is 2.38. The number of aromatic nitrogens is 4. The summed E-state index contributed by atoms with van der Waals surface area (Å²) < 4.78 is 15.1. The molecular weight excluding hydrogens is 689 g/mol. The highest BCUT2D eigenvalue weighted by atomic mass is 32.2. The van der Waals surface area contributed by atoms with Gasteiger partial charge in [-0.15, -0.1) is 5.10 Å². The minimum Gasteiger partial charge on any atom is -0.392 e. The average molecular weight is 735 g/mol. The molecule has 0 aliphatic carbocycles. The molecule has 0 bridgehead atoms. The van der Waals surface area contributed by atoms with Gasteiger partial charge in [0.25, 0.3) is 0 Å². The van der Waals surface area contributed by atoms with Gasteiger partial charge in [-0.3, -0.25) is 9.59 Å². The Morgan fingerprint density at radius 3 is 2.34 bits per heavy atom. The van der Waals surface area contributed by atoms with Crippen molar-refractivity contribution < 1.29 is 24.2 Å². The Balaban J connectivity index is 1.14. The third-order valence-electron chi connectivity index (χ3n) is 9.38. The lowest BCUT2D eigenvalue weighted by atomic mass is 9.91. The fourth-order valence-electron chi connectivity index (χ4n) is 6.38. The van der Waals surface area contributed by atoms with Crippen LogP contribution in [0, 0.1) is 5.92 Å². The van der Waals surface area contributed by atoms with Crippen molar-refractivity contribution in [2.45, 2.75) is 76.3 Å². The summed E-state index contributed by atoms with van der Waals surface area (Å²) >= 11 is 1.54. The Labute approximate surface area is 314 Å². The van der Waals surface area contributed by atoms with Gasteiger partial charge in [-0.25, -0.2) is 0 Å². The first kappa shape index (κ1) is 37.9. The molecule has 11 nitrogen and oxygen atoms in total. The molecule has 1 aliphatic heterocycles. The van der Waals surface area contributed by atoms with Gasteiger partial charge in [0.2, 0.25) is 17.0 Å². The Kier molecular flexibility index (Phi) is 13.4. The first-order chi connectivity index (χ1) is 25.9. The van der Waals surface area contributed by atoms with Crippen LogP contribution in [-0.2, 0) is 32.2 Å². The SMILES string of the molecule is CC(=O)NCCCCCC(=O)NCc1ccccc1-c1ccc([C@@H]2O[C@H](CSc3nnnn3-c3ccccc3)[C@H](C)[C@H](c3ccc(CO)cc3)O2)cc1. The van der Waals surface area contributed by atoms with Gasteiger partial charge in [0, 0.05) is 43.7 Å². The fraction of sp³-hybridized carbons (Fsp3) is 0.341. The number of rotatable bonds is 16. The molecule has 276 valence electrons. The van der Waals surface area contributed by atoms with Crippen molar-refractivity contribution >= 4 is 23.6 Å². The summed E-state index contributed by atoms with van der Waals surface area (Å²) in [4.78, 5) is 23.6. The molecule has 1 aliphatic rings. The number of amides is 2. The second-order valence-electron chi connectivity index (χ2n) is 13.2. The number of para-hydroxylation sites is 1. The number of benzene rings is 4. The van der Waals surface area contributed by atoms with E-state index < -0.39 is 6.29 Å². The molecule has 0 saturated carbocycles. The van der Waals surface area contributed by atoms with Crippen molar-refractivity contribution in [3.8, 4) is 16.8 Å². The largest absolute Gasteiger partial charge is 0.392 e. The maximum atomic E-state index is 12.6. The molecule has 1 aromatic heterocycles. The van der Waals surface area contributed by atoms with Gasteiger partial charge < -0.3 is 25.2 Å². The van der Waals surface area contributed by atoms with Crippen molar-refractivity contribution in [2.75, 3.05) is 12.3 Å². The van der Waals surface area contributed by atoms with E-state index >= 15 is 0 Å². The third-order valence-corrected chi connectivity index (χ3v) is 10.4. The summed E-state index contributed by atoms with van der Waals surface area (Å²) in [5.41, 5.74) is 6.74. The minimum absolute atomic E-state index is 0.00452. The third kappa shape index (κ3) is 10.2. The molecule has 2 heterocycles. The van der Waals surface area contributed by atoms with Gasteiger partial charge in [-0.1, -0.05) is 116 Å². The lowest BCUT2D eigenvalue weighted by Crippen LogP contribution is -2.38. The number of unbranched alkanes of at least 4 members (excludes halogenated alkanes) is 2. The van der Waals surface area contributed by atoms with E-state index in [0.29, 0.717) is 30.4 Å². The van der Waals surface area contributed by atoms with E-state index in [0.717, 1.165) is 58.3 Å². The second-order valence-corrected chi connectivity index (χ2v) is 14.2. The molecule has 3 N–H and O–H groups in total. The van der Waals surface area contributed by atoms with Crippen LogP contribution in [0.3, 0.4) is 0 Å². The summed E-state index contributed by atoms with van der Waals surface area (Å²) in [7, 11) is 0. The number of tetrazole rings is 1. The number of carbonyl (C=O) groups excluding carboxylic acids is 2. The quantitative estimate of drug-likeness (QED) is 0.0745. The molecule has 0 spiro atoms. The number of nitrogens with one attached hydrogen (secondary N) is 2. The van der Waals surface area contributed by atoms with Crippen molar-refractivity contribution in [3.63, 3.8) is 0 Å². The van der Waals surface area contributed by atoms with Gasteiger partial charge in [0.1, 0.15) is 0 Å². The van der Waals surface area contributed by atoms with Crippen molar-refractivity contribution in [1.82, 2.24) is 30.8 Å². The first-order valence-corrected chi connectivity index (χ1v) is 19.0. The van der Waals surface area contributed by atoms with Crippen LogP contribution in [0.25, 0.3) is 16.8 Å². The number of hydrogen-bond donors (Lipinski definition) is 3. The lowest BCUT2D eigenvalue weighted by Gasteiger charge is -2.41. The predicted octanol–water partition coefficient (Wildman–Crippen LogP) is 6.72. The summed E-state index contributed by atoms with van der Waals surface area (Å²) in [5, 5.41) is 28.6. The Morgan fingerprint density at radius 1 is 0.849 bits per heavy atom. The standard InChI is InChI=1S/C41H46N6O5S/c1-28-37(27-53-41-44-45-46-47(41)35-12-5-3-6-13-35)51-40(52-39(28)32-18-16-30(26-48)17-19-32)33-22-20-31(21-23-33)36-14-9-8-11-34(36)25-43-38(50)15-7-4-10-24-42-29(2)49/h3,5-6,8-9,11-14,16-23,28,37,39-40,48H,4,7,10,15,24-27H2,1-2H3,(H,42,49)(H,43,50)/t28-,37+,39+,40+/m0/s1. The maximum Gasteiger partial charge on any atom is 0.220 e. The topological polar surface area (TPSA) is 140 Å². The van der Waals surface area contributed by atoms with Gasteiger partial charge in [0.05, 0.1) is 24.5 Å². The first-order valence-electron chi connectivity index (χ1n) is 18.1. The van der Waals surface area contributed by atoms with Crippen LogP contribution in [0.15, 0.2) is 108 Å². The van der Waals surface area contributed by atoms with Crippen LogP contribution in [-0.4, -0.2) is 55.5 Å². The Morgan fingerprint density at radius 2 is 1.58 bits per heavy atom. The Hall–Kier alpha value is -4.88. The van der Waals surface area contributed by atoms with Gasteiger partial charge in [-0.2, -0.15) is 4.68 Å². The molecule has 6 rings (SSSR count). The lowest BCUT2D eigenvalue weighted by molar-refractivity contribution is -0.268. The number of ether oxygens (including phenoxy) is 2. The molecule has 53 heavy (non-hydrogen) atoms. The predicted molar refractivity (Wildman–Crippen MR) is 204 cm³/mol. The molecule has 2 amide bonds. The minimum atomic E-state index is -0.619. The summed E-state index contributed by atoms with van der Waals surface area (Å²) in [6.45, 7) is 4.69. The van der Waals surface area contributed by atoms with E-state index in [-0.39, 0.29) is 36.5 Å². The van der Waals surface area contributed by atoms with Crippen LogP contribution in [0.2, 0.25) is 0 Å². The maximum absolute atomic E-state index is 12.6. The molecule has 1 saturated heterocycles. The van der Waals surface area contributed by atoms with Crippen molar-refractivity contribution in [3.05, 3.63) is 125 Å².